The first-order chi connectivity index (χ1) is 15.5. The molecule has 0 unspecified atom stereocenters. The lowest BCUT2D eigenvalue weighted by Gasteiger charge is -2.27. The summed E-state index contributed by atoms with van der Waals surface area (Å²) in [5.74, 6) is 1.43. The topological polar surface area (TPSA) is 89.4 Å². The minimum atomic E-state index is -3.72. The van der Waals surface area contributed by atoms with Gasteiger partial charge in [-0.3, -0.25) is 9.67 Å². The van der Waals surface area contributed by atoms with E-state index >= 15 is 0 Å². The molecule has 170 valence electrons. The van der Waals surface area contributed by atoms with Gasteiger partial charge in [0.2, 0.25) is 10.0 Å². The summed E-state index contributed by atoms with van der Waals surface area (Å²) < 4.78 is 41.9. The van der Waals surface area contributed by atoms with E-state index in [4.69, 9.17) is 21.7 Å². The predicted octanol–water partition coefficient (Wildman–Crippen LogP) is 3.71. The van der Waals surface area contributed by atoms with Gasteiger partial charge in [0.05, 0.1) is 19.1 Å². The van der Waals surface area contributed by atoms with Crippen molar-refractivity contribution in [3.8, 4) is 17.2 Å². The lowest BCUT2D eigenvalue weighted by molar-refractivity contribution is 0.343. The molecule has 0 atom stereocenters. The Labute approximate surface area is 192 Å². The number of nitrogens with zero attached hydrogens (tertiary/aromatic N) is 3. The summed E-state index contributed by atoms with van der Waals surface area (Å²) >= 11 is 5.44. The highest BCUT2D eigenvalue weighted by molar-refractivity contribution is 7.89. The second kappa shape index (κ2) is 9.43. The van der Waals surface area contributed by atoms with Gasteiger partial charge in [-0.25, -0.2) is 8.42 Å². The number of benzene rings is 2. The number of hydrogen-bond acceptors (Lipinski definition) is 6. The van der Waals surface area contributed by atoms with Gasteiger partial charge in [-0.05, 0) is 48.8 Å². The standard InChI is InChI=1S/C22H26N4O4S2/c1-29-18-13-16(14-21-23-24-22(31)26(21)17-9-5-3-6-10-17)20(15-19(18)30-2)32(27,28)25-11-7-4-8-12-25/h3,5-6,9-10,13,15H,4,7-8,11-12,14H2,1-2H3,(H,24,31). The van der Waals surface area contributed by atoms with Crippen molar-refractivity contribution in [2.45, 2.75) is 30.6 Å². The number of aromatic amines is 1. The molecular formula is C22H26N4O4S2. The molecular weight excluding hydrogens is 448 g/mol. The summed E-state index contributed by atoms with van der Waals surface area (Å²) in [5, 5.41) is 7.22. The highest BCUT2D eigenvalue weighted by atomic mass is 32.2. The van der Waals surface area contributed by atoms with Crippen molar-refractivity contribution in [1.82, 2.24) is 19.1 Å². The largest absolute Gasteiger partial charge is 0.493 e. The van der Waals surface area contributed by atoms with Gasteiger partial charge in [0.25, 0.3) is 0 Å². The van der Waals surface area contributed by atoms with E-state index in [1.165, 1.54) is 14.2 Å². The Kier molecular flexibility index (Phi) is 6.63. The molecule has 32 heavy (non-hydrogen) atoms. The van der Waals surface area contributed by atoms with Gasteiger partial charge in [0, 0.05) is 31.3 Å². The van der Waals surface area contributed by atoms with Crippen LogP contribution in [-0.2, 0) is 16.4 Å². The van der Waals surface area contributed by atoms with Gasteiger partial charge in [0.1, 0.15) is 5.82 Å². The summed E-state index contributed by atoms with van der Waals surface area (Å²) in [5.41, 5.74) is 1.42. The number of H-pyrrole nitrogens is 1. The van der Waals surface area contributed by atoms with Crippen LogP contribution in [0, 0.1) is 4.77 Å². The van der Waals surface area contributed by atoms with Crippen LogP contribution in [0.25, 0.3) is 5.69 Å². The Morgan fingerprint density at radius 1 is 1.03 bits per heavy atom. The zero-order valence-electron chi connectivity index (χ0n) is 18.1. The molecule has 1 aliphatic rings. The number of hydrogen-bond donors (Lipinski definition) is 1. The summed E-state index contributed by atoms with van der Waals surface area (Å²) in [6, 6.07) is 12.9. The second-order valence-electron chi connectivity index (χ2n) is 7.57. The number of nitrogens with one attached hydrogen (secondary N) is 1. The number of ether oxygens (including phenoxy) is 2. The SMILES string of the molecule is COc1cc(Cc2n[nH]c(=S)n2-c2ccccc2)c(S(=O)(=O)N2CCCCC2)cc1OC. The molecule has 10 heteroatoms. The Hall–Kier alpha value is -2.69. The molecule has 0 saturated carbocycles. The summed E-state index contributed by atoms with van der Waals surface area (Å²) in [7, 11) is -0.693. The van der Waals surface area contributed by atoms with Crippen LogP contribution < -0.4 is 9.47 Å². The van der Waals surface area contributed by atoms with E-state index in [1.807, 2.05) is 34.9 Å². The van der Waals surface area contributed by atoms with Gasteiger partial charge in [-0.2, -0.15) is 9.40 Å². The van der Waals surface area contributed by atoms with E-state index in [0.717, 1.165) is 24.9 Å². The van der Waals surface area contributed by atoms with Crippen molar-refractivity contribution in [3.63, 3.8) is 0 Å². The molecule has 8 nitrogen and oxygen atoms in total. The van der Waals surface area contributed by atoms with E-state index in [0.29, 0.717) is 40.7 Å². The summed E-state index contributed by atoms with van der Waals surface area (Å²) in [6.07, 6.45) is 2.99. The molecule has 0 radical (unpaired) electrons. The Balaban J connectivity index is 1.84. The van der Waals surface area contributed by atoms with Gasteiger partial charge >= 0.3 is 0 Å². The van der Waals surface area contributed by atoms with Crippen LogP contribution in [0.15, 0.2) is 47.4 Å². The highest BCUT2D eigenvalue weighted by Crippen LogP contribution is 2.35. The third-order valence-corrected chi connectivity index (χ3v) is 7.86. The fraction of sp³-hybridized carbons (Fsp3) is 0.364. The Bertz CT molecular complexity index is 1250. The van der Waals surface area contributed by atoms with Crippen molar-refractivity contribution in [1.29, 1.82) is 0 Å². The molecule has 4 rings (SSSR count). The molecule has 1 aliphatic heterocycles. The minimum Gasteiger partial charge on any atom is -0.493 e. The summed E-state index contributed by atoms with van der Waals surface area (Å²) in [4.78, 5) is 0.200. The van der Waals surface area contributed by atoms with Gasteiger partial charge < -0.3 is 9.47 Å². The maximum Gasteiger partial charge on any atom is 0.243 e. The second-order valence-corrected chi connectivity index (χ2v) is 9.87. The van der Waals surface area contributed by atoms with Crippen LogP contribution in [0.5, 0.6) is 11.5 Å². The summed E-state index contributed by atoms with van der Waals surface area (Å²) in [6.45, 7) is 1.03. The monoisotopic (exact) mass is 474 g/mol. The van der Waals surface area contributed by atoms with Crippen LogP contribution in [0.3, 0.4) is 0 Å². The third kappa shape index (κ3) is 4.30. The predicted molar refractivity (Wildman–Crippen MR) is 124 cm³/mol. The van der Waals surface area contributed by atoms with Crippen molar-refractivity contribution in [2.75, 3.05) is 27.3 Å². The van der Waals surface area contributed by atoms with Crippen molar-refractivity contribution in [2.24, 2.45) is 0 Å². The Morgan fingerprint density at radius 2 is 1.69 bits per heavy atom. The molecule has 0 aliphatic carbocycles. The quantitative estimate of drug-likeness (QED) is 0.525. The number of aromatic nitrogens is 3. The van der Waals surface area contributed by atoms with E-state index in [-0.39, 0.29) is 11.3 Å². The molecule has 0 amide bonds. The molecule has 1 fully saturated rings. The Morgan fingerprint density at radius 3 is 2.34 bits per heavy atom. The molecule has 1 aromatic heterocycles. The van der Waals surface area contributed by atoms with Crippen molar-refractivity contribution >= 4 is 22.2 Å². The van der Waals surface area contributed by atoms with Gasteiger partial charge in [-0.1, -0.05) is 24.6 Å². The molecule has 2 aromatic carbocycles. The molecule has 1 saturated heterocycles. The normalized spacial score (nSPS) is 14.9. The van der Waals surface area contributed by atoms with Crippen LogP contribution in [-0.4, -0.2) is 54.8 Å². The smallest absolute Gasteiger partial charge is 0.243 e. The number of rotatable bonds is 7. The maximum absolute atomic E-state index is 13.6. The average Bonchev–Trinajstić information content (AvgIpc) is 3.19. The molecule has 0 spiro atoms. The van der Waals surface area contributed by atoms with Crippen molar-refractivity contribution < 1.29 is 17.9 Å². The zero-order chi connectivity index (χ0) is 22.7. The zero-order valence-corrected chi connectivity index (χ0v) is 19.7. The van der Waals surface area contributed by atoms with Crippen LogP contribution in [0.2, 0.25) is 0 Å². The highest BCUT2D eigenvalue weighted by Gasteiger charge is 2.30. The maximum atomic E-state index is 13.6. The average molecular weight is 475 g/mol. The van der Waals surface area contributed by atoms with Crippen LogP contribution in [0.1, 0.15) is 30.7 Å². The van der Waals surface area contributed by atoms with Crippen LogP contribution >= 0.6 is 12.2 Å². The first-order valence-corrected chi connectivity index (χ1v) is 12.3. The third-order valence-electron chi connectivity index (χ3n) is 5.60. The first-order valence-electron chi connectivity index (χ1n) is 10.4. The van der Waals surface area contributed by atoms with E-state index in [9.17, 15) is 8.42 Å². The molecule has 2 heterocycles. The van der Waals surface area contributed by atoms with Crippen LogP contribution in [0.4, 0.5) is 0 Å². The lowest BCUT2D eigenvalue weighted by Crippen LogP contribution is -2.36. The fourth-order valence-corrected chi connectivity index (χ4v) is 5.98. The number of piperidine rings is 1. The number of para-hydroxylation sites is 1. The lowest BCUT2D eigenvalue weighted by atomic mass is 10.1. The number of methoxy groups -OCH3 is 2. The van der Waals surface area contributed by atoms with Gasteiger partial charge in [0.15, 0.2) is 16.3 Å². The molecule has 1 N–H and O–H groups in total. The number of sulfonamides is 1. The van der Waals surface area contributed by atoms with Gasteiger partial charge in [-0.15, -0.1) is 0 Å². The van der Waals surface area contributed by atoms with E-state index in [2.05, 4.69) is 10.2 Å². The first kappa shape index (κ1) is 22.5. The van der Waals surface area contributed by atoms with E-state index in [1.54, 1.807) is 16.4 Å². The molecule has 0 bridgehead atoms. The fourth-order valence-electron chi connectivity index (χ4n) is 3.99. The van der Waals surface area contributed by atoms with Crippen molar-refractivity contribution in [3.05, 3.63) is 58.6 Å². The minimum absolute atomic E-state index is 0.200. The van der Waals surface area contributed by atoms with E-state index < -0.39 is 10.0 Å². The molecule has 3 aromatic rings.